The highest BCUT2D eigenvalue weighted by Crippen LogP contribution is 2.27. The second kappa shape index (κ2) is 7.95. The number of nitrogens with zero attached hydrogens (tertiary/aromatic N) is 3. The third kappa shape index (κ3) is 4.13. The first-order valence-corrected chi connectivity index (χ1v) is 8.59. The van der Waals surface area contributed by atoms with Gasteiger partial charge in [-0.3, -0.25) is 4.79 Å². The Morgan fingerprint density at radius 3 is 2.71 bits per heavy atom. The lowest BCUT2D eigenvalue weighted by Crippen LogP contribution is -2.26. The minimum Gasteiger partial charge on any atom is -0.497 e. The van der Waals surface area contributed by atoms with Crippen molar-refractivity contribution in [1.29, 1.82) is 0 Å². The van der Waals surface area contributed by atoms with Crippen molar-refractivity contribution in [3.05, 3.63) is 41.7 Å². The van der Waals surface area contributed by atoms with Crippen molar-refractivity contribution >= 4 is 5.91 Å². The van der Waals surface area contributed by atoms with Crippen LogP contribution in [0.1, 0.15) is 54.2 Å². The maximum atomic E-state index is 12.2. The SMILES string of the molecule is COc1ccc(CCNC(=O)c2cn(C3CCCCC3)nn2)cc1. The average molecular weight is 328 g/mol. The first-order chi connectivity index (χ1) is 11.8. The largest absolute Gasteiger partial charge is 0.497 e. The number of carbonyl (C=O) groups excluding carboxylic acids is 1. The molecule has 0 atom stereocenters. The summed E-state index contributed by atoms with van der Waals surface area (Å²) in [5, 5.41) is 11.1. The molecule has 1 N–H and O–H groups in total. The summed E-state index contributed by atoms with van der Waals surface area (Å²) < 4.78 is 6.99. The van der Waals surface area contributed by atoms with E-state index < -0.39 is 0 Å². The van der Waals surface area contributed by atoms with Gasteiger partial charge in [-0.05, 0) is 37.0 Å². The number of carbonyl (C=O) groups is 1. The Labute approximate surface area is 142 Å². The Morgan fingerprint density at radius 1 is 1.25 bits per heavy atom. The standard InChI is InChI=1S/C18H24N4O2/c1-24-16-9-7-14(8-10-16)11-12-19-18(23)17-13-22(21-20-17)15-5-3-2-4-6-15/h7-10,13,15H,2-6,11-12H2,1H3,(H,19,23). The molecule has 6 nitrogen and oxygen atoms in total. The Balaban J connectivity index is 1.48. The van der Waals surface area contributed by atoms with Gasteiger partial charge in [0.05, 0.1) is 19.3 Å². The zero-order valence-electron chi connectivity index (χ0n) is 14.1. The zero-order valence-corrected chi connectivity index (χ0v) is 14.1. The van der Waals surface area contributed by atoms with Crippen molar-refractivity contribution in [3.63, 3.8) is 0 Å². The molecule has 2 aromatic rings. The van der Waals surface area contributed by atoms with Crippen LogP contribution in [0, 0.1) is 0 Å². The van der Waals surface area contributed by atoms with E-state index in [1.165, 1.54) is 19.3 Å². The van der Waals surface area contributed by atoms with Crippen LogP contribution in [0.5, 0.6) is 5.75 Å². The van der Waals surface area contributed by atoms with Gasteiger partial charge in [0.2, 0.25) is 0 Å². The minimum absolute atomic E-state index is 0.162. The van der Waals surface area contributed by atoms with Crippen molar-refractivity contribution in [2.45, 2.75) is 44.6 Å². The molecule has 1 aliphatic rings. The van der Waals surface area contributed by atoms with Crippen molar-refractivity contribution in [2.24, 2.45) is 0 Å². The van der Waals surface area contributed by atoms with Gasteiger partial charge in [-0.1, -0.05) is 36.6 Å². The number of hydrogen-bond acceptors (Lipinski definition) is 4. The summed E-state index contributed by atoms with van der Waals surface area (Å²) in [4.78, 5) is 12.2. The summed E-state index contributed by atoms with van der Waals surface area (Å²) in [7, 11) is 1.65. The maximum Gasteiger partial charge on any atom is 0.273 e. The predicted molar refractivity (Wildman–Crippen MR) is 91.2 cm³/mol. The number of benzene rings is 1. The molecule has 0 saturated heterocycles. The summed E-state index contributed by atoms with van der Waals surface area (Å²) in [5.41, 5.74) is 1.55. The van der Waals surface area contributed by atoms with Crippen molar-refractivity contribution in [3.8, 4) is 5.75 Å². The van der Waals surface area contributed by atoms with Gasteiger partial charge in [-0.2, -0.15) is 0 Å². The number of amides is 1. The maximum absolute atomic E-state index is 12.2. The van der Waals surface area contributed by atoms with Gasteiger partial charge in [0.25, 0.3) is 5.91 Å². The summed E-state index contributed by atoms with van der Waals surface area (Å²) in [5.74, 6) is 0.674. The third-order valence-electron chi connectivity index (χ3n) is 4.55. The van der Waals surface area contributed by atoms with E-state index in [4.69, 9.17) is 4.74 Å². The van der Waals surface area contributed by atoms with Gasteiger partial charge in [0.15, 0.2) is 5.69 Å². The van der Waals surface area contributed by atoms with Gasteiger partial charge < -0.3 is 10.1 Å². The molecule has 1 aromatic carbocycles. The van der Waals surface area contributed by atoms with Gasteiger partial charge in [-0.25, -0.2) is 4.68 Å². The van der Waals surface area contributed by atoms with Crippen LogP contribution in [0.15, 0.2) is 30.5 Å². The Kier molecular flexibility index (Phi) is 5.46. The highest BCUT2D eigenvalue weighted by molar-refractivity contribution is 5.91. The molecule has 1 amide bonds. The van der Waals surface area contributed by atoms with E-state index in [2.05, 4.69) is 15.6 Å². The Morgan fingerprint density at radius 2 is 2.00 bits per heavy atom. The molecule has 0 bridgehead atoms. The van der Waals surface area contributed by atoms with Gasteiger partial charge >= 0.3 is 0 Å². The number of methoxy groups -OCH3 is 1. The third-order valence-corrected chi connectivity index (χ3v) is 4.55. The number of rotatable bonds is 6. The molecular formula is C18H24N4O2. The van der Waals surface area contributed by atoms with E-state index in [-0.39, 0.29) is 5.91 Å². The molecular weight excluding hydrogens is 304 g/mol. The molecule has 0 radical (unpaired) electrons. The lowest BCUT2D eigenvalue weighted by atomic mass is 9.96. The molecule has 3 rings (SSSR count). The van der Waals surface area contributed by atoms with E-state index in [0.29, 0.717) is 18.3 Å². The number of aromatic nitrogens is 3. The van der Waals surface area contributed by atoms with Crippen LogP contribution in [-0.4, -0.2) is 34.6 Å². The molecule has 1 saturated carbocycles. The van der Waals surface area contributed by atoms with Crippen LogP contribution >= 0.6 is 0 Å². The van der Waals surface area contributed by atoms with E-state index in [9.17, 15) is 4.79 Å². The van der Waals surface area contributed by atoms with E-state index in [0.717, 1.165) is 30.6 Å². The molecule has 24 heavy (non-hydrogen) atoms. The summed E-state index contributed by atoms with van der Waals surface area (Å²) >= 11 is 0. The molecule has 0 spiro atoms. The molecule has 1 aromatic heterocycles. The summed E-state index contributed by atoms with van der Waals surface area (Å²) in [6.07, 6.45) is 8.56. The number of ether oxygens (including phenoxy) is 1. The van der Waals surface area contributed by atoms with Crippen LogP contribution in [-0.2, 0) is 6.42 Å². The quantitative estimate of drug-likeness (QED) is 0.885. The number of nitrogens with one attached hydrogen (secondary N) is 1. The lowest BCUT2D eigenvalue weighted by Gasteiger charge is -2.20. The van der Waals surface area contributed by atoms with Gasteiger partial charge in [0.1, 0.15) is 5.75 Å². The Hall–Kier alpha value is -2.37. The first kappa shape index (κ1) is 16.5. The molecule has 6 heteroatoms. The van der Waals surface area contributed by atoms with Crippen molar-refractivity contribution < 1.29 is 9.53 Å². The van der Waals surface area contributed by atoms with Crippen LogP contribution in [0.3, 0.4) is 0 Å². The van der Waals surface area contributed by atoms with Crippen LogP contribution in [0.4, 0.5) is 0 Å². The second-order valence-corrected chi connectivity index (χ2v) is 6.23. The molecule has 0 aliphatic heterocycles. The normalized spacial score (nSPS) is 15.2. The average Bonchev–Trinajstić information content (AvgIpc) is 3.13. The monoisotopic (exact) mass is 328 g/mol. The van der Waals surface area contributed by atoms with E-state index in [1.807, 2.05) is 28.9 Å². The highest BCUT2D eigenvalue weighted by atomic mass is 16.5. The fourth-order valence-electron chi connectivity index (χ4n) is 3.11. The summed E-state index contributed by atoms with van der Waals surface area (Å²) in [6, 6.07) is 8.25. The summed E-state index contributed by atoms with van der Waals surface area (Å²) in [6.45, 7) is 0.571. The van der Waals surface area contributed by atoms with Crippen LogP contribution in [0.2, 0.25) is 0 Å². The van der Waals surface area contributed by atoms with Gasteiger partial charge in [-0.15, -0.1) is 5.10 Å². The molecule has 1 fully saturated rings. The number of hydrogen-bond donors (Lipinski definition) is 1. The van der Waals surface area contributed by atoms with Crippen molar-refractivity contribution in [2.75, 3.05) is 13.7 Å². The zero-order chi connectivity index (χ0) is 16.8. The first-order valence-electron chi connectivity index (χ1n) is 8.59. The molecule has 0 unspecified atom stereocenters. The second-order valence-electron chi connectivity index (χ2n) is 6.23. The Bertz CT molecular complexity index is 660. The molecule has 1 heterocycles. The lowest BCUT2D eigenvalue weighted by molar-refractivity contribution is 0.0949. The fraction of sp³-hybridized carbons (Fsp3) is 0.500. The van der Waals surface area contributed by atoms with Gasteiger partial charge in [0, 0.05) is 6.54 Å². The van der Waals surface area contributed by atoms with Crippen LogP contribution in [0.25, 0.3) is 0 Å². The minimum atomic E-state index is -0.162. The topological polar surface area (TPSA) is 69.0 Å². The van der Waals surface area contributed by atoms with E-state index in [1.54, 1.807) is 13.3 Å². The fourth-order valence-corrected chi connectivity index (χ4v) is 3.11. The predicted octanol–water partition coefficient (Wildman–Crippen LogP) is 2.76. The van der Waals surface area contributed by atoms with E-state index >= 15 is 0 Å². The molecule has 128 valence electrons. The van der Waals surface area contributed by atoms with Crippen LogP contribution < -0.4 is 10.1 Å². The molecule has 1 aliphatic carbocycles. The highest BCUT2D eigenvalue weighted by Gasteiger charge is 2.18. The smallest absolute Gasteiger partial charge is 0.273 e. The van der Waals surface area contributed by atoms with Crippen molar-refractivity contribution in [1.82, 2.24) is 20.3 Å².